The van der Waals surface area contributed by atoms with Crippen molar-refractivity contribution >= 4 is 40.6 Å². The number of furan rings is 1. The van der Waals surface area contributed by atoms with E-state index < -0.39 is 0 Å². The average Bonchev–Trinajstić information content (AvgIpc) is 3.10. The lowest BCUT2D eigenvalue weighted by atomic mass is 10.3. The third-order valence-corrected chi connectivity index (χ3v) is 3.73. The van der Waals surface area contributed by atoms with E-state index in [2.05, 4.69) is 20.6 Å². The maximum Gasteiger partial charge on any atom is 0.271 e. The zero-order chi connectivity index (χ0) is 16.9. The lowest BCUT2D eigenvalue weighted by Crippen LogP contribution is -2.23. The molecule has 0 radical (unpaired) electrons. The number of amides is 1. The molecule has 8 heteroatoms. The fraction of sp³-hybridized carbons (Fsp3) is 0.0625. The van der Waals surface area contributed by atoms with Gasteiger partial charge in [-0.15, -0.1) is 0 Å². The summed E-state index contributed by atoms with van der Waals surface area (Å²) in [6.07, 6.45) is 4.34. The van der Waals surface area contributed by atoms with Crippen molar-refractivity contribution in [3.05, 3.63) is 70.5 Å². The summed E-state index contributed by atoms with van der Waals surface area (Å²) in [7, 11) is 0. The Bertz CT molecular complexity index is 816. The summed E-state index contributed by atoms with van der Waals surface area (Å²) in [6, 6.07) is 8.68. The number of para-hydroxylation sites is 1. The maximum atomic E-state index is 12.0. The Morgan fingerprint density at radius 3 is 2.50 bits per heavy atom. The summed E-state index contributed by atoms with van der Waals surface area (Å²) in [4.78, 5) is 20.2. The van der Waals surface area contributed by atoms with Crippen LogP contribution in [0.4, 0.5) is 11.5 Å². The van der Waals surface area contributed by atoms with Crippen LogP contribution in [-0.2, 0) is 6.54 Å². The van der Waals surface area contributed by atoms with E-state index in [0.717, 1.165) is 0 Å². The first kappa shape index (κ1) is 16.3. The van der Waals surface area contributed by atoms with Crippen LogP contribution in [0.25, 0.3) is 0 Å². The lowest BCUT2D eigenvalue weighted by molar-refractivity contribution is 0.0942. The lowest BCUT2D eigenvalue weighted by Gasteiger charge is -2.09. The zero-order valence-corrected chi connectivity index (χ0v) is 13.8. The van der Waals surface area contributed by atoms with Gasteiger partial charge < -0.3 is 15.1 Å². The number of carbonyl (C=O) groups excluding carboxylic acids is 1. The van der Waals surface area contributed by atoms with E-state index >= 15 is 0 Å². The molecule has 3 rings (SSSR count). The fourth-order valence-corrected chi connectivity index (χ4v) is 2.42. The molecule has 0 fully saturated rings. The number of nitrogens with zero attached hydrogens (tertiary/aromatic N) is 2. The van der Waals surface area contributed by atoms with Crippen LogP contribution in [0.5, 0.6) is 0 Å². The van der Waals surface area contributed by atoms with Gasteiger partial charge in [-0.2, -0.15) is 0 Å². The van der Waals surface area contributed by atoms with Crippen LogP contribution in [-0.4, -0.2) is 15.9 Å². The number of aromatic nitrogens is 2. The number of hydrogen-bond donors (Lipinski definition) is 2. The molecule has 0 atom stereocenters. The van der Waals surface area contributed by atoms with Gasteiger partial charge in [0.25, 0.3) is 5.91 Å². The minimum absolute atomic E-state index is 0.192. The molecule has 0 unspecified atom stereocenters. The standard InChI is InChI=1S/C16H12Cl2N4O2/c17-11-4-1-5-12(18)15(11)22-14-9-19-13(8-20-14)16(23)21-7-10-3-2-6-24-10/h1-6,8-9H,7H2,(H,20,22)(H,21,23). The highest BCUT2D eigenvalue weighted by atomic mass is 35.5. The fourth-order valence-electron chi connectivity index (χ4n) is 1.93. The molecule has 0 aliphatic carbocycles. The van der Waals surface area contributed by atoms with Crippen LogP contribution >= 0.6 is 23.2 Å². The van der Waals surface area contributed by atoms with Crippen LogP contribution < -0.4 is 10.6 Å². The summed E-state index contributed by atoms with van der Waals surface area (Å²) in [5.41, 5.74) is 0.725. The first-order valence-electron chi connectivity index (χ1n) is 6.97. The molecule has 2 N–H and O–H groups in total. The molecule has 0 saturated carbocycles. The van der Waals surface area contributed by atoms with Gasteiger partial charge in [0.15, 0.2) is 0 Å². The SMILES string of the molecule is O=C(NCc1ccco1)c1cnc(Nc2c(Cl)cccc2Cl)cn1. The monoisotopic (exact) mass is 362 g/mol. The second kappa shape index (κ2) is 7.33. The molecule has 0 aliphatic rings. The predicted octanol–water partition coefficient (Wildman–Crippen LogP) is 4.05. The Hall–Kier alpha value is -2.57. The van der Waals surface area contributed by atoms with E-state index in [-0.39, 0.29) is 18.1 Å². The normalized spacial score (nSPS) is 10.4. The van der Waals surface area contributed by atoms with Crippen molar-refractivity contribution in [2.75, 3.05) is 5.32 Å². The van der Waals surface area contributed by atoms with Gasteiger partial charge in [-0.3, -0.25) is 4.79 Å². The van der Waals surface area contributed by atoms with Crippen LogP contribution in [0.15, 0.2) is 53.4 Å². The minimum atomic E-state index is -0.346. The molecule has 2 heterocycles. The maximum absolute atomic E-state index is 12.0. The molecule has 122 valence electrons. The zero-order valence-electron chi connectivity index (χ0n) is 12.3. The molecular formula is C16H12Cl2N4O2. The van der Waals surface area contributed by atoms with Gasteiger partial charge >= 0.3 is 0 Å². The second-order valence-electron chi connectivity index (χ2n) is 4.77. The van der Waals surface area contributed by atoms with Crippen LogP contribution in [0.3, 0.4) is 0 Å². The van der Waals surface area contributed by atoms with Crippen molar-refractivity contribution in [3.8, 4) is 0 Å². The molecule has 0 bridgehead atoms. The number of benzene rings is 1. The quantitative estimate of drug-likeness (QED) is 0.715. The molecule has 0 saturated heterocycles. The van der Waals surface area contributed by atoms with Crippen molar-refractivity contribution in [3.63, 3.8) is 0 Å². The van der Waals surface area contributed by atoms with E-state index in [0.29, 0.717) is 27.3 Å². The molecule has 3 aromatic rings. The number of hydrogen-bond acceptors (Lipinski definition) is 5. The van der Waals surface area contributed by atoms with Gasteiger partial charge in [0.2, 0.25) is 0 Å². The van der Waals surface area contributed by atoms with Gasteiger partial charge in [-0.05, 0) is 24.3 Å². The van der Waals surface area contributed by atoms with Gasteiger partial charge in [0.1, 0.15) is 17.3 Å². The molecule has 24 heavy (non-hydrogen) atoms. The molecule has 2 aromatic heterocycles. The molecular weight excluding hydrogens is 351 g/mol. The van der Waals surface area contributed by atoms with E-state index in [1.165, 1.54) is 12.4 Å². The van der Waals surface area contributed by atoms with Gasteiger partial charge in [-0.1, -0.05) is 29.3 Å². The number of anilines is 2. The third kappa shape index (κ3) is 3.84. The van der Waals surface area contributed by atoms with Crippen LogP contribution in [0.2, 0.25) is 10.0 Å². The number of nitrogens with one attached hydrogen (secondary N) is 2. The Balaban J connectivity index is 1.65. The Kier molecular flexibility index (Phi) is 4.98. The van der Waals surface area contributed by atoms with Gasteiger partial charge in [0, 0.05) is 0 Å². The van der Waals surface area contributed by atoms with E-state index in [1.54, 1.807) is 36.6 Å². The van der Waals surface area contributed by atoms with Gasteiger partial charge in [0.05, 0.1) is 40.9 Å². The minimum Gasteiger partial charge on any atom is -0.467 e. The molecule has 0 spiro atoms. The first-order chi connectivity index (χ1) is 11.6. The van der Waals surface area contributed by atoms with E-state index in [9.17, 15) is 4.79 Å². The van der Waals surface area contributed by atoms with Crippen molar-refractivity contribution < 1.29 is 9.21 Å². The number of halogens is 2. The summed E-state index contributed by atoms with van der Waals surface area (Å²) in [5, 5.41) is 6.59. The van der Waals surface area contributed by atoms with Crippen molar-refractivity contribution in [2.24, 2.45) is 0 Å². The highest BCUT2D eigenvalue weighted by Gasteiger charge is 2.10. The summed E-state index contributed by atoms with van der Waals surface area (Å²) in [5.74, 6) is 0.733. The molecule has 6 nitrogen and oxygen atoms in total. The Morgan fingerprint density at radius 1 is 1.08 bits per heavy atom. The van der Waals surface area contributed by atoms with Gasteiger partial charge in [-0.25, -0.2) is 9.97 Å². The third-order valence-electron chi connectivity index (χ3n) is 3.10. The Labute approximate surface area is 147 Å². The number of rotatable bonds is 5. The van der Waals surface area contributed by atoms with Crippen molar-refractivity contribution in [1.29, 1.82) is 0 Å². The first-order valence-corrected chi connectivity index (χ1v) is 7.73. The average molecular weight is 363 g/mol. The van der Waals surface area contributed by atoms with Crippen molar-refractivity contribution in [1.82, 2.24) is 15.3 Å². The summed E-state index contributed by atoms with van der Waals surface area (Å²) >= 11 is 12.2. The van der Waals surface area contributed by atoms with E-state index in [1.807, 2.05) is 0 Å². The molecule has 1 aromatic carbocycles. The topological polar surface area (TPSA) is 80.0 Å². The Morgan fingerprint density at radius 2 is 1.88 bits per heavy atom. The highest BCUT2D eigenvalue weighted by molar-refractivity contribution is 6.39. The summed E-state index contributed by atoms with van der Waals surface area (Å²) < 4.78 is 5.14. The van der Waals surface area contributed by atoms with E-state index in [4.69, 9.17) is 27.6 Å². The van der Waals surface area contributed by atoms with Crippen LogP contribution in [0.1, 0.15) is 16.2 Å². The molecule has 0 aliphatic heterocycles. The second-order valence-corrected chi connectivity index (χ2v) is 5.58. The predicted molar refractivity (Wildman–Crippen MR) is 91.7 cm³/mol. The largest absolute Gasteiger partial charge is 0.467 e. The smallest absolute Gasteiger partial charge is 0.271 e. The molecule has 1 amide bonds. The number of carbonyl (C=O) groups is 1. The highest BCUT2D eigenvalue weighted by Crippen LogP contribution is 2.31. The summed E-state index contributed by atoms with van der Waals surface area (Å²) in [6.45, 7) is 0.281. The van der Waals surface area contributed by atoms with Crippen LogP contribution in [0, 0.1) is 0 Å². The van der Waals surface area contributed by atoms with Crippen molar-refractivity contribution in [2.45, 2.75) is 6.54 Å².